The number of pyridine rings is 1. The molecule has 0 fully saturated rings. The smallest absolute Gasteiger partial charge is 0.248 e. The highest BCUT2D eigenvalue weighted by molar-refractivity contribution is 6.02. The number of nitrogens with one attached hydrogen (secondary N) is 1. The predicted molar refractivity (Wildman–Crippen MR) is 50.7 cm³/mol. The van der Waals surface area contributed by atoms with Gasteiger partial charge in [-0.05, 0) is 25.3 Å². The molecular weight excluding hydrogens is 166 g/mol. The number of fused-ring (bicyclic) bond motifs is 1. The van der Waals surface area contributed by atoms with Crippen LogP contribution in [-0.4, -0.2) is 10.7 Å². The average molecular weight is 177 g/mol. The number of H-pyrrole nitrogens is 1. The van der Waals surface area contributed by atoms with Crippen LogP contribution in [0, 0.1) is 0 Å². The molecule has 0 unspecified atom stereocenters. The van der Waals surface area contributed by atoms with Crippen LogP contribution in [0.3, 0.4) is 0 Å². The fraction of sp³-hybridized carbons (Fsp3) is 0.333. The summed E-state index contributed by atoms with van der Waals surface area (Å²) in [5.41, 5.74) is 2.78. The van der Waals surface area contributed by atoms with Crippen LogP contribution in [-0.2, 0) is 6.42 Å². The van der Waals surface area contributed by atoms with Crippen molar-refractivity contribution in [2.24, 2.45) is 10.9 Å². The summed E-state index contributed by atoms with van der Waals surface area (Å²) in [6.45, 7) is 0. The Labute approximate surface area is 75.5 Å². The number of aryl methyl sites for hydroxylation is 1. The van der Waals surface area contributed by atoms with Crippen LogP contribution in [0.25, 0.3) is 0 Å². The van der Waals surface area contributed by atoms with Crippen LogP contribution in [0.15, 0.2) is 22.0 Å². The van der Waals surface area contributed by atoms with E-state index in [-0.39, 0.29) is 5.56 Å². The van der Waals surface area contributed by atoms with Crippen LogP contribution >= 0.6 is 0 Å². The second kappa shape index (κ2) is 3.05. The minimum absolute atomic E-state index is 0.0583. The van der Waals surface area contributed by atoms with E-state index in [1.807, 2.05) is 0 Å². The van der Waals surface area contributed by atoms with Crippen LogP contribution in [0.5, 0.6) is 0 Å². The third kappa shape index (κ3) is 1.35. The fourth-order valence-corrected chi connectivity index (χ4v) is 1.69. The zero-order valence-electron chi connectivity index (χ0n) is 7.21. The largest absolute Gasteiger partial charge is 0.326 e. The molecule has 4 nitrogen and oxygen atoms in total. The van der Waals surface area contributed by atoms with Crippen LogP contribution < -0.4 is 11.4 Å². The highest BCUT2D eigenvalue weighted by Crippen LogP contribution is 2.17. The number of nitrogens with two attached hydrogens (primary N) is 1. The van der Waals surface area contributed by atoms with Gasteiger partial charge in [-0.3, -0.25) is 4.79 Å². The number of hydrogen-bond acceptors (Lipinski definition) is 3. The van der Waals surface area contributed by atoms with Crippen molar-refractivity contribution in [3.8, 4) is 0 Å². The number of rotatable bonds is 0. The van der Waals surface area contributed by atoms with Crippen molar-refractivity contribution in [1.29, 1.82) is 0 Å². The molecular formula is C9H11N3O. The summed E-state index contributed by atoms with van der Waals surface area (Å²) in [7, 11) is 0. The molecule has 3 N–H and O–H groups in total. The molecule has 0 spiro atoms. The normalized spacial score (nSPS) is 18.6. The van der Waals surface area contributed by atoms with Crippen molar-refractivity contribution >= 4 is 5.71 Å². The second-order valence-corrected chi connectivity index (χ2v) is 3.14. The van der Waals surface area contributed by atoms with Crippen molar-refractivity contribution in [2.45, 2.75) is 19.3 Å². The van der Waals surface area contributed by atoms with Crippen molar-refractivity contribution in [3.05, 3.63) is 33.7 Å². The Morgan fingerprint density at radius 2 is 2.23 bits per heavy atom. The molecule has 0 aromatic carbocycles. The lowest BCUT2D eigenvalue weighted by molar-refractivity contribution is 0.800. The highest BCUT2D eigenvalue weighted by Gasteiger charge is 2.15. The number of aromatic nitrogens is 1. The monoisotopic (exact) mass is 177 g/mol. The first-order valence-electron chi connectivity index (χ1n) is 4.30. The molecule has 68 valence electrons. The molecule has 0 saturated heterocycles. The van der Waals surface area contributed by atoms with Gasteiger partial charge in [0.2, 0.25) is 5.56 Å². The van der Waals surface area contributed by atoms with E-state index in [0.717, 1.165) is 36.2 Å². The molecule has 2 rings (SSSR count). The van der Waals surface area contributed by atoms with E-state index in [1.165, 1.54) is 6.07 Å². The molecule has 0 radical (unpaired) electrons. The van der Waals surface area contributed by atoms with E-state index < -0.39 is 0 Å². The van der Waals surface area contributed by atoms with Gasteiger partial charge >= 0.3 is 0 Å². The lowest BCUT2D eigenvalue weighted by Crippen LogP contribution is -2.19. The van der Waals surface area contributed by atoms with E-state index in [2.05, 4.69) is 10.1 Å². The van der Waals surface area contributed by atoms with Crippen LogP contribution in [0.4, 0.5) is 0 Å². The Balaban J connectivity index is 2.58. The summed E-state index contributed by atoms with van der Waals surface area (Å²) < 4.78 is 0. The SMILES string of the molecule is N/N=C1/CCCc2[nH]c(=O)ccc21. The van der Waals surface area contributed by atoms with E-state index in [0.29, 0.717) is 0 Å². The Hall–Kier alpha value is -1.58. The topological polar surface area (TPSA) is 71.2 Å². The van der Waals surface area contributed by atoms with Crippen molar-refractivity contribution in [2.75, 3.05) is 0 Å². The lowest BCUT2D eigenvalue weighted by Gasteiger charge is -2.15. The minimum atomic E-state index is -0.0583. The quantitative estimate of drug-likeness (QED) is 0.444. The van der Waals surface area contributed by atoms with E-state index in [4.69, 9.17) is 5.84 Å². The molecule has 0 aliphatic heterocycles. The molecule has 0 atom stereocenters. The molecule has 1 aliphatic carbocycles. The lowest BCUT2D eigenvalue weighted by atomic mass is 9.94. The Kier molecular flexibility index (Phi) is 1.88. The summed E-state index contributed by atoms with van der Waals surface area (Å²) in [5, 5.41) is 3.71. The van der Waals surface area contributed by atoms with Crippen molar-refractivity contribution in [3.63, 3.8) is 0 Å². The number of hydrogen-bond donors (Lipinski definition) is 2. The van der Waals surface area contributed by atoms with Gasteiger partial charge in [-0.15, -0.1) is 0 Å². The molecule has 1 aromatic heterocycles. The minimum Gasteiger partial charge on any atom is -0.326 e. The fourth-order valence-electron chi connectivity index (χ4n) is 1.69. The summed E-state index contributed by atoms with van der Waals surface area (Å²) in [5.74, 6) is 5.25. The number of nitrogens with zero attached hydrogens (tertiary/aromatic N) is 1. The summed E-state index contributed by atoms with van der Waals surface area (Å²) in [6, 6.07) is 3.30. The summed E-state index contributed by atoms with van der Waals surface area (Å²) in [6.07, 6.45) is 2.81. The Morgan fingerprint density at radius 1 is 1.38 bits per heavy atom. The van der Waals surface area contributed by atoms with Crippen molar-refractivity contribution < 1.29 is 0 Å². The van der Waals surface area contributed by atoms with Gasteiger partial charge < -0.3 is 10.8 Å². The average Bonchev–Trinajstić information content (AvgIpc) is 2.16. The molecule has 0 saturated carbocycles. The first kappa shape index (κ1) is 8.04. The van der Waals surface area contributed by atoms with Gasteiger partial charge in [-0.25, -0.2) is 0 Å². The van der Waals surface area contributed by atoms with Gasteiger partial charge in [-0.1, -0.05) is 0 Å². The molecule has 0 amide bonds. The third-order valence-electron chi connectivity index (χ3n) is 2.31. The van der Waals surface area contributed by atoms with Crippen LogP contribution in [0.1, 0.15) is 24.1 Å². The molecule has 0 bridgehead atoms. The van der Waals surface area contributed by atoms with Gasteiger partial charge in [0.1, 0.15) is 0 Å². The third-order valence-corrected chi connectivity index (χ3v) is 2.31. The summed E-state index contributed by atoms with van der Waals surface area (Å²) in [4.78, 5) is 13.8. The molecule has 13 heavy (non-hydrogen) atoms. The maximum absolute atomic E-state index is 11.0. The first-order valence-corrected chi connectivity index (χ1v) is 4.30. The number of aromatic amines is 1. The van der Waals surface area contributed by atoms with Crippen LogP contribution in [0.2, 0.25) is 0 Å². The predicted octanol–water partition coefficient (Wildman–Crippen LogP) is 0.374. The van der Waals surface area contributed by atoms with Gasteiger partial charge in [0, 0.05) is 17.3 Å². The summed E-state index contributed by atoms with van der Waals surface area (Å²) >= 11 is 0. The zero-order chi connectivity index (χ0) is 9.26. The van der Waals surface area contributed by atoms with Gasteiger partial charge in [-0.2, -0.15) is 5.10 Å². The molecule has 1 aromatic rings. The van der Waals surface area contributed by atoms with E-state index >= 15 is 0 Å². The Bertz CT molecular complexity index is 406. The van der Waals surface area contributed by atoms with Crippen molar-refractivity contribution in [1.82, 2.24) is 4.98 Å². The molecule has 4 heteroatoms. The van der Waals surface area contributed by atoms with Gasteiger partial charge in [0.05, 0.1) is 5.71 Å². The van der Waals surface area contributed by atoms with E-state index in [1.54, 1.807) is 6.07 Å². The number of hydrazone groups is 1. The highest BCUT2D eigenvalue weighted by atomic mass is 16.1. The second-order valence-electron chi connectivity index (χ2n) is 3.14. The van der Waals surface area contributed by atoms with Gasteiger partial charge in [0.15, 0.2) is 0 Å². The standard InChI is InChI=1S/C9H11N3O/c10-12-8-3-1-2-7-6(8)4-5-9(13)11-7/h4-5H,1-3,10H2,(H,11,13)/b12-8-. The maximum atomic E-state index is 11.0. The Morgan fingerprint density at radius 3 is 3.00 bits per heavy atom. The van der Waals surface area contributed by atoms with Gasteiger partial charge in [0.25, 0.3) is 0 Å². The van der Waals surface area contributed by atoms with E-state index in [9.17, 15) is 4.79 Å². The zero-order valence-corrected chi connectivity index (χ0v) is 7.21. The first-order chi connectivity index (χ1) is 6.31. The molecule has 1 aliphatic rings. The maximum Gasteiger partial charge on any atom is 0.248 e. The molecule has 1 heterocycles.